The standard InChI is InChI=1S/C18H31NO2/c1-6-19-17(18(20-7-2)21-8-3)13-15-9-11-16(12-10-15)14(4)5/h9-12,14,17-19H,6-8,13H2,1-5H3. The van der Waals surface area contributed by atoms with Gasteiger partial charge in [0.1, 0.15) is 0 Å². The minimum atomic E-state index is -0.190. The maximum Gasteiger partial charge on any atom is 0.172 e. The SMILES string of the molecule is CCNC(Cc1ccc(C(C)C)cc1)C(OCC)OCC. The zero-order valence-electron chi connectivity index (χ0n) is 14.2. The Labute approximate surface area is 130 Å². The molecule has 21 heavy (non-hydrogen) atoms. The Morgan fingerprint density at radius 3 is 1.95 bits per heavy atom. The maximum atomic E-state index is 5.75. The Bertz CT molecular complexity index is 369. The molecule has 0 saturated carbocycles. The van der Waals surface area contributed by atoms with Crippen LogP contribution >= 0.6 is 0 Å². The predicted molar refractivity (Wildman–Crippen MR) is 88.7 cm³/mol. The molecule has 0 aliphatic heterocycles. The largest absolute Gasteiger partial charge is 0.351 e. The van der Waals surface area contributed by atoms with Gasteiger partial charge in [0.15, 0.2) is 6.29 Å². The minimum absolute atomic E-state index is 0.180. The lowest BCUT2D eigenvalue weighted by molar-refractivity contribution is -0.153. The van der Waals surface area contributed by atoms with Crippen molar-refractivity contribution >= 4 is 0 Å². The molecule has 0 aliphatic rings. The van der Waals surface area contributed by atoms with Gasteiger partial charge in [-0.3, -0.25) is 0 Å². The van der Waals surface area contributed by atoms with E-state index in [1.807, 2.05) is 13.8 Å². The summed E-state index contributed by atoms with van der Waals surface area (Å²) in [7, 11) is 0. The number of hydrogen-bond acceptors (Lipinski definition) is 3. The second kappa shape index (κ2) is 9.93. The molecule has 0 spiro atoms. The number of nitrogens with one attached hydrogen (secondary N) is 1. The first-order valence-electron chi connectivity index (χ1n) is 8.17. The molecule has 3 heteroatoms. The van der Waals surface area contributed by atoms with Crippen molar-refractivity contribution in [3.63, 3.8) is 0 Å². The molecule has 1 N–H and O–H groups in total. The van der Waals surface area contributed by atoms with Crippen molar-refractivity contribution in [2.75, 3.05) is 19.8 Å². The first-order valence-corrected chi connectivity index (χ1v) is 8.17. The summed E-state index contributed by atoms with van der Waals surface area (Å²) < 4.78 is 11.5. The highest BCUT2D eigenvalue weighted by Gasteiger charge is 2.21. The van der Waals surface area contributed by atoms with Crippen LogP contribution in [-0.2, 0) is 15.9 Å². The molecule has 1 aromatic carbocycles. The Hall–Kier alpha value is -0.900. The molecule has 1 unspecified atom stereocenters. The van der Waals surface area contributed by atoms with Crippen molar-refractivity contribution in [2.45, 2.75) is 59.3 Å². The van der Waals surface area contributed by atoms with Crippen LogP contribution < -0.4 is 5.32 Å². The van der Waals surface area contributed by atoms with E-state index < -0.39 is 0 Å². The number of rotatable bonds is 10. The topological polar surface area (TPSA) is 30.5 Å². The number of hydrogen-bond donors (Lipinski definition) is 1. The van der Waals surface area contributed by atoms with Crippen LogP contribution in [0.25, 0.3) is 0 Å². The van der Waals surface area contributed by atoms with E-state index in [9.17, 15) is 0 Å². The molecule has 1 atom stereocenters. The van der Waals surface area contributed by atoms with Gasteiger partial charge in [0, 0.05) is 13.2 Å². The van der Waals surface area contributed by atoms with Gasteiger partial charge in [0.05, 0.1) is 6.04 Å². The molecular weight excluding hydrogens is 262 g/mol. The summed E-state index contributed by atoms with van der Waals surface area (Å²) in [6.45, 7) is 12.8. The molecule has 0 fully saturated rings. The molecule has 3 nitrogen and oxygen atoms in total. The van der Waals surface area contributed by atoms with Gasteiger partial charge in [-0.15, -0.1) is 0 Å². The molecule has 120 valence electrons. The van der Waals surface area contributed by atoms with Crippen LogP contribution in [0, 0.1) is 0 Å². The minimum Gasteiger partial charge on any atom is -0.351 e. The fourth-order valence-electron chi connectivity index (χ4n) is 2.43. The highest BCUT2D eigenvalue weighted by atomic mass is 16.7. The summed E-state index contributed by atoms with van der Waals surface area (Å²) in [6.07, 6.45) is 0.724. The van der Waals surface area contributed by atoms with Crippen LogP contribution in [0.15, 0.2) is 24.3 Å². The number of benzene rings is 1. The van der Waals surface area contributed by atoms with E-state index in [0.717, 1.165) is 13.0 Å². The van der Waals surface area contributed by atoms with E-state index in [0.29, 0.717) is 19.1 Å². The summed E-state index contributed by atoms with van der Waals surface area (Å²) >= 11 is 0. The van der Waals surface area contributed by atoms with Crippen molar-refractivity contribution in [3.8, 4) is 0 Å². The second-order valence-corrected chi connectivity index (χ2v) is 5.54. The van der Waals surface area contributed by atoms with Crippen LogP contribution in [0.4, 0.5) is 0 Å². The van der Waals surface area contributed by atoms with Gasteiger partial charge in [-0.1, -0.05) is 45.0 Å². The third-order valence-electron chi connectivity index (χ3n) is 3.56. The maximum absolute atomic E-state index is 5.75. The average Bonchev–Trinajstić information content (AvgIpc) is 2.47. The average molecular weight is 293 g/mol. The Kier molecular flexibility index (Phi) is 8.58. The zero-order chi connectivity index (χ0) is 15.7. The third kappa shape index (κ3) is 6.16. The van der Waals surface area contributed by atoms with Gasteiger partial charge in [-0.25, -0.2) is 0 Å². The summed E-state index contributed by atoms with van der Waals surface area (Å²) in [5.74, 6) is 0.572. The number of ether oxygens (including phenoxy) is 2. The molecule has 0 radical (unpaired) electrons. The van der Waals surface area contributed by atoms with E-state index in [4.69, 9.17) is 9.47 Å². The van der Waals surface area contributed by atoms with Gasteiger partial charge in [-0.05, 0) is 43.9 Å². The van der Waals surface area contributed by atoms with Crippen LogP contribution in [0.2, 0.25) is 0 Å². The molecule has 1 rings (SSSR count). The lowest BCUT2D eigenvalue weighted by Crippen LogP contribution is -2.44. The molecular formula is C18H31NO2. The van der Waals surface area contributed by atoms with Gasteiger partial charge in [0.2, 0.25) is 0 Å². The lowest BCUT2D eigenvalue weighted by Gasteiger charge is -2.27. The fraction of sp³-hybridized carbons (Fsp3) is 0.667. The smallest absolute Gasteiger partial charge is 0.172 e. The second-order valence-electron chi connectivity index (χ2n) is 5.54. The molecule has 0 saturated heterocycles. The Morgan fingerprint density at radius 2 is 1.52 bits per heavy atom. The van der Waals surface area contributed by atoms with Crippen molar-refractivity contribution in [1.29, 1.82) is 0 Å². The first kappa shape index (κ1) is 18.1. The highest BCUT2D eigenvalue weighted by Crippen LogP contribution is 2.17. The monoisotopic (exact) mass is 293 g/mol. The van der Waals surface area contributed by atoms with Gasteiger partial charge >= 0.3 is 0 Å². The van der Waals surface area contributed by atoms with Crippen molar-refractivity contribution < 1.29 is 9.47 Å². The van der Waals surface area contributed by atoms with E-state index in [-0.39, 0.29) is 12.3 Å². The Balaban J connectivity index is 2.75. The van der Waals surface area contributed by atoms with E-state index in [2.05, 4.69) is 50.4 Å². The summed E-state index contributed by atoms with van der Waals surface area (Å²) in [5, 5.41) is 3.49. The molecule has 0 amide bonds. The third-order valence-corrected chi connectivity index (χ3v) is 3.56. The van der Waals surface area contributed by atoms with Crippen LogP contribution in [0.5, 0.6) is 0 Å². The van der Waals surface area contributed by atoms with Crippen LogP contribution in [0.3, 0.4) is 0 Å². The van der Waals surface area contributed by atoms with Crippen LogP contribution in [0.1, 0.15) is 51.7 Å². The number of likely N-dealkylation sites (N-methyl/N-ethyl adjacent to an activating group) is 1. The first-order chi connectivity index (χ1) is 10.1. The summed E-state index contributed by atoms with van der Waals surface area (Å²) in [6, 6.07) is 9.06. The molecule has 0 aliphatic carbocycles. The molecule has 1 aromatic rings. The van der Waals surface area contributed by atoms with Gasteiger partial charge in [0.25, 0.3) is 0 Å². The molecule has 0 heterocycles. The van der Waals surface area contributed by atoms with Crippen LogP contribution in [-0.4, -0.2) is 32.1 Å². The van der Waals surface area contributed by atoms with E-state index >= 15 is 0 Å². The van der Waals surface area contributed by atoms with E-state index in [1.165, 1.54) is 11.1 Å². The lowest BCUT2D eigenvalue weighted by atomic mass is 9.99. The van der Waals surface area contributed by atoms with E-state index in [1.54, 1.807) is 0 Å². The Morgan fingerprint density at radius 1 is 0.952 bits per heavy atom. The fourth-order valence-corrected chi connectivity index (χ4v) is 2.43. The summed E-state index contributed by atoms with van der Waals surface area (Å²) in [5.41, 5.74) is 2.69. The molecule has 0 bridgehead atoms. The summed E-state index contributed by atoms with van der Waals surface area (Å²) in [4.78, 5) is 0. The predicted octanol–water partition coefficient (Wildman–Crippen LogP) is 3.73. The normalized spacial score (nSPS) is 13.1. The molecule has 0 aromatic heterocycles. The zero-order valence-corrected chi connectivity index (χ0v) is 14.2. The van der Waals surface area contributed by atoms with Gasteiger partial charge < -0.3 is 14.8 Å². The van der Waals surface area contributed by atoms with Gasteiger partial charge in [-0.2, -0.15) is 0 Å². The van der Waals surface area contributed by atoms with Crippen molar-refractivity contribution in [3.05, 3.63) is 35.4 Å². The van der Waals surface area contributed by atoms with Crippen molar-refractivity contribution in [1.82, 2.24) is 5.32 Å². The highest BCUT2D eigenvalue weighted by molar-refractivity contribution is 5.25. The van der Waals surface area contributed by atoms with Crippen molar-refractivity contribution in [2.24, 2.45) is 0 Å². The quantitative estimate of drug-likeness (QED) is 0.667.